The van der Waals surface area contributed by atoms with Gasteiger partial charge in [-0.1, -0.05) is 26.8 Å². The lowest BCUT2D eigenvalue weighted by atomic mass is 10.2. The second-order valence-electron chi connectivity index (χ2n) is 5.55. The Morgan fingerprint density at radius 1 is 1.31 bits per heavy atom. The van der Waals surface area contributed by atoms with Gasteiger partial charge in [-0.3, -0.25) is 0 Å². The highest BCUT2D eigenvalue weighted by Gasteiger charge is 2.37. The third-order valence-corrected chi connectivity index (χ3v) is 7.49. The third-order valence-electron chi connectivity index (χ3n) is 2.99. The number of rotatable bonds is 7. The number of hydrogen-bond acceptors (Lipinski definition) is 3. The van der Waals surface area contributed by atoms with Crippen molar-refractivity contribution in [3.8, 4) is 0 Å². The topological polar surface area (TPSA) is 38.7 Å². The van der Waals surface area contributed by atoms with Crippen LogP contribution in [0.15, 0.2) is 12.7 Å². The fourth-order valence-electron chi connectivity index (χ4n) is 0.857. The second kappa shape index (κ2) is 6.54. The molecule has 1 atom stereocenters. The summed E-state index contributed by atoms with van der Waals surface area (Å²) in [5, 5.41) is 9.82. The molecule has 0 aromatic heterocycles. The van der Waals surface area contributed by atoms with Crippen LogP contribution < -0.4 is 0 Å². The fourth-order valence-corrected chi connectivity index (χ4v) is 1.90. The lowest BCUT2D eigenvalue weighted by Gasteiger charge is -2.36. The highest BCUT2D eigenvalue weighted by atomic mass is 28.4. The number of aliphatic hydroxyl groups excluding tert-OH is 1. The van der Waals surface area contributed by atoms with E-state index in [1.165, 1.54) is 0 Å². The van der Waals surface area contributed by atoms with Crippen molar-refractivity contribution >= 4 is 8.32 Å². The fraction of sp³-hybridized carbons (Fsp3) is 0.833. The molecule has 0 spiro atoms. The Hall–Kier alpha value is -0.163. The summed E-state index contributed by atoms with van der Waals surface area (Å²) in [7, 11) is -1.75. The van der Waals surface area contributed by atoms with E-state index in [4.69, 9.17) is 9.16 Å². The van der Waals surface area contributed by atoms with Crippen LogP contribution in [0, 0.1) is 0 Å². The molecule has 0 unspecified atom stereocenters. The summed E-state index contributed by atoms with van der Waals surface area (Å²) in [6.45, 7) is 15.6. The van der Waals surface area contributed by atoms with Crippen LogP contribution >= 0.6 is 0 Å². The molecular weight excluding hydrogens is 220 g/mol. The molecule has 0 saturated carbocycles. The lowest BCUT2D eigenvalue weighted by molar-refractivity contribution is 0.0181. The molecule has 0 heterocycles. The maximum atomic E-state index is 9.64. The Bertz CT molecular complexity index is 209. The molecular formula is C12H26O3Si. The molecule has 3 nitrogen and oxygen atoms in total. The van der Waals surface area contributed by atoms with E-state index in [1.54, 1.807) is 6.08 Å². The first-order chi connectivity index (χ1) is 7.20. The molecule has 0 bridgehead atoms. The van der Waals surface area contributed by atoms with Gasteiger partial charge in [-0.15, -0.1) is 6.58 Å². The second-order valence-corrected chi connectivity index (χ2v) is 10.4. The molecule has 0 rings (SSSR count). The van der Waals surface area contributed by atoms with Crippen LogP contribution in [0.2, 0.25) is 18.1 Å². The minimum atomic E-state index is -1.75. The quantitative estimate of drug-likeness (QED) is 0.426. The molecule has 0 aromatic carbocycles. The molecule has 0 saturated heterocycles. The lowest BCUT2D eigenvalue weighted by Crippen LogP contribution is -2.43. The van der Waals surface area contributed by atoms with E-state index in [2.05, 4.69) is 40.4 Å². The van der Waals surface area contributed by atoms with Gasteiger partial charge in [0.1, 0.15) is 0 Å². The predicted octanol–water partition coefficient (Wildman–Crippen LogP) is 2.57. The van der Waals surface area contributed by atoms with Gasteiger partial charge in [0.15, 0.2) is 8.32 Å². The molecule has 96 valence electrons. The zero-order valence-electron chi connectivity index (χ0n) is 11.2. The average Bonchev–Trinajstić information content (AvgIpc) is 2.13. The average molecular weight is 246 g/mol. The summed E-state index contributed by atoms with van der Waals surface area (Å²) in [5.74, 6) is 0. The Morgan fingerprint density at radius 2 is 1.88 bits per heavy atom. The van der Waals surface area contributed by atoms with Crippen LogP contribution in [0.1, 0.15) is 20.8 Å². The van der Waals surface area contributed by atoms with Crippen molar-refractivity contribution in [2.45, 2.75) is 45.0 Å². The van der Waals surface area contributed by atoms with E-state index < -0.39 is 14.4 Å². The number of aliphatic hydroxyl groups is 1. The molecule has 0 radical (unpaired) electrons. The van der Waals surface area contributed by atoms with Gasteiger partial charge in [-0.25, -0.2) is 0 Å². The number of hydrogen-bond donors (Lipinski definition) is 1. The van der Waals surface area contributed by atoms with E-state index in [9.17, 15) is 5.11 Å². The van der Waals surface area contributed by atoms with Gasteiger partial charge in [0.05, 0.1) is 25.9 Å². The monoisotopic (exact) mass is 246 g/mol. The van der Waals surface area contributed by atoms with Crippen molar-refractivity contribution in [2.24, 2.45) is 0 Å². The summed E-state index contributed by atoms with van der Waals surface area (Å²) in [6, 6.07) is 0. The van der Waals surface area contributed by atoms with E-state index in [0.717, 1.165) is 0 Å². The van der Waals surface area contributed by atoms with Gasteiger partial charge in [0, 0.05) is 0 Å². The summed E-state index contributed by atoms with van der Waals surface area (Å²) in [6.07, 6.45) is 1.12. The maximum Gasteiger partial charge on any atom is 0.192 e. The van der Waals surface area contributed by atoms with Crippen LogP contribution in [0.4, 0.5) is 0 Å². The third kappa shape index (κ3) is 5.79. The molecule has 0 aliphatic heterocycles. The summed E-state index contributed by atoms with van der Waals surface area (Å²) < 4.78 is 11.0. The summed E-state index contributed by atoms with van der Waals surface area (Å²) in [5.41, 5.74) is 0. The van der Waals surface area contributed by atoms with Gasteiger partial charge in [-0.2, -0.15) is 0 Å². The van der Waals surface area contributed by atoms with E-state index in [0.29, 0.717) is 19.8 Å². The van der Waals surface area contributed by atoms with Gasteiger partial charge >= 0.3 is 0 Å². The molecule has 1 N–H and O–H groups in total. The Morgan fingerprint density at radius 3 is 2.31 bits per heavy atom. The zero-order valence-corrected chi connectivity index (χ0v) is 12.2. The first-order valence-electron chi connectivity index (χ1n) is 5.71. The standard InChI is InChI=1S/C12H26O3Si/c1-7-8-14-9-11(13)10-15-16(5,6)12(2,3)4/h7,11,13H,1,8-10H2,2-6H3/t11-/m0/s1. The van der Waals surface area contributed by atoms with Crippen LogP contribution in [0.3, 0.4) is 0 Å². The first-order valence-corrected chi connectivity index (χ1v) is 8.62. The predicted molar refractivity (Wildman–Crippen MR) is 70.2 cm³/mol. The number of ether oxygens (including phenoxy) is 1. The Balaban J connectivity index is 3.91. The Kier molecular flexibility index (Phi) is 6.48. The first kappa shape index (κ1) is 15.8. The van der Waals surface area contributed by atoms with Crippen LogP contribution in [0.25, 0.3) is 0 Å². The minimum Gasteiger partial charge on any atom is -0.414 e. The summed E-state index contributed by atoms with van der Waals surface area (Å²) in [4.78, 5) is 0. The minimum absolute atomic E-state index is 0.175. The largest absolute Gasteiger partial charge is 0.414 e. The van der Waals surface area contributed by atoms with Gasteiger partial charge in [-0.05, 0) is 18.1 Å². The normalized spacial score (nSPS) is 14.9. The zero-order chi connectivity index (χ0) is 12.8. The van der Waals surface area contributed by atoms with Gasteiger partial charge in [0.2, 0.25) is 0 Å². The smallest absolute Gasteiger partial charge is 0.192 e. The van der Waals surface area contributed by atoms with Crippen molar-refractivity contribution in [1.82, 2.24) is 0 Å². The van der Waals surface area contributed by atoms with E-state index in [1.807, 2.05) is 0 Å². The van der Waals surface area contributed by atoms with Crippen LogP contribution in [-0.4, -0.2) is 39.3 Å². The van der Waals surface area contributed by atoms with Crippen molar-refractivity contribution in [1.29, 1.82) is 0 Å². The molecule has 0 amide bonds. The SMILES string of the molecule is C=CCOC[C@H](O)CO[Si](C)(C)C(C)(C)C. The Labute approximate surface area is 101 Å². The van der Waals surface area contributed by atoms with Crippen LogP contribution in [0.5, 0.6) is 0 Å². The molecule has 0 aromatic rings. The molecule has 16 heavy (non-hydrogen) atoms. The van der Waals surface area contributed by atoms with Crippen molar-refractivity contribution < 1.29 is 14.3 Å². The maximum absolute atomic E-state index is 9.64. The molecule has 0 aliphatic carbocycles. The molecule has 0 fully saturated rings. The van der Waals surface area contributed by atoms with Crippen LogP contribution in [-0.2, 0) is 9.16 Å². The van der Waals surface area contributed by atoms with Crippen molar-refractivity contribution in [3.05, 3.63) is 12.7 Å². The van der Waals surface area contributed by atoms with Crippen molar-refractivity contribution in [3.63, 3.8) is 0 Å². The molecule has 4 heteroatoms. The highest BCUT2D eigenvalue weighted by molar-refractivity contribution is 6.74. The van der Waals surface area contributed by atoms with E-state index >= 15 is 0 Å². The van der Waals surface area contributed by atoms with E-state index in [-0.39, 0.29) is 5.04 Å². The summed E-state index contributed by atoms with van der Waals surface area (Å²) >= 11 is 0. The van der Waals surface area contributed by atoms with Gasteiger partial charge in [0.25, 0.3) is 0 Å². The van der Waals surface area contributed by atoms with Gasteiger partial charge < -0.3 is 14.3 Å². The highest BCUT2D eigenvalue weighted by Crippen LogP contribution is 2.36. The van der Waals surface area contributed by atoms with Crippen molar-refractivity contribution in [2.75, 3.05) is 19.8 Å². The molecule has 0 aliphatic rings.